The Morgan fingerprint density at radius 2 is 0.893 bits per heavy atom. The van der Waals surface area contributed by atoms with Crippen LogP contribution in [0.5, 0.6) is 0 Å². The first-order valence-electron chi connectivity index (χ1n) is 13.5. The van der Waals surface area contributed by atoms with Crippen LogP contribution in [0.25, 0.3) is 0 Å². The van der Waals surface area contributed by atoms with Crippen molar-refractivity contribution in [3.63, 3.8) is 0 Å². The fraction of sp³-hybridized carbons (Fsp3) is 1.00. The summed E-state index contributed by atoms with van der Waals surface area (Å²) in [4.78, 5) is 0. The van der Waals surface area contributed by atoms with Gasteiger partial charge in [-0.15, -0.1) is 0 Å². The van der Waals surface area contributed by atoms with Gasteiger partial charge in [-0.05, 0) is 140 Å². The lowest BCUT2D eigenvalue weighted by atomic mass is 8.69. The molecule has 28 heavy (non-hydrogen) atoms. The van der Waals surface area contributed by atoms with Gasteiger partial charge in [-0.2, -0.15) is 0 Å². The zero-order chi connectivity index (χ0) is 16.5. The first-order chi connectivity index (χ1) is 13.7. The first kappa shape index (κ1) is 11.1. The second kappa shape index (κ2) is 1.95. The number of hydrogen-bond acceptors (Lipinski definition) is 0. The van der Waals surface area contributed by atoms with Gasteiger partial charge >= 0.3 is 0 Å². The first-order valence-corrected chi connectivity index (χ1v) is 13.5. The van der Waals surface area contributed by atoms with Crippen molar-refractivity contribution < 1.29 is 0 Å². The molecule has 0 nitrogen and oxygen atoms in total. The molecule has 16 aliphatic carbocycles. The molecule has 16 fully saturated rings. The summed E-state index contributed by atoms with van der Waals surface area (Å²) in [5.41, 5.74) is 6.90. The summed E-state index contributed by atoms with van der Waals surface area (Å²) in [5.74, 6) is 19.2. The molecule has 0 heterocycles. The average Bonchev–Trinajstić information content (AvgIpc) is 2.56. The molecule has 0 amide bonds. The molecule has 0 aromatic rings. The van der Waals surface area contributed by atoms with Gasteiger partial charge in [0.1, 0.15) is 0 Å². The number of fused-ring (bicyclic) bond motifs is 12. The summed E-state index contributed by atoms with van der Waals surface area (Å²) in [5, 5.41) is 0.383. The van der Waals surface area contributed by atoms with Crippen molar-refractivity contribution in [2.75, 3.05) is 0 Å². The van der Waals surface area contributed by atoms with E-state index in [0.29, 0.717) is 5.31 Å². The van der Waals surface area contributed by atoms with Crippen LogP contribution in [-0.2, 0) is 0 Å². The SMILES string of the molecule is [B]C12CC3C4C5C6C7C8C9CC%10CC%11C%12C%13C%14C%15C%16C(C1)C32C4%16C5%15C6%14C7%13C8%12C%109%11. The molecule has 14 atom stereocenters. The van der Waals surface area contributed by atoms with Gasteiger partial charge in [0.05, 0.1) is 7.85 Å². The molecule has 0 N–H and O–H groups in total. The van der Waals surface area contributed by atoms with Crippen LogP contribution in [0.3, 0.4) is 0 Å². The lowest BCUT2D eigenvalue weighted by molar-refractivity contribution is -0.879. The van der Waals surface area contributed by atoms with Crippen LogP contribution in [-0.4, -0.2) is 7.85 Å². The molecule has 0 aromatic carbocycles. The summed E-state index contributed by atoms with van der Waals surface area (Å²) in [6.45, 7) is 0. The molecular weight excluding hydrogens is 335 g/mol. The predicted octanol–water partition coefficient (Wildman–Crippen LogP) is 3.24. The Labute approximate surface area is 165 Å². The van der Waals surface area contributed by atoms with E-state index in [9.17, 15) is 0 Å². The van der Waals surface area contributed by atoms with Crippen molar-refractivity contribution in [3.05, 3.63) is 0 Å². The average molecular weight is 358 g/mol. The van der Waals surface area contributed by atoms with Crippen molar-refractivity contribution in [3.8, 4) is 0 Å². The molecular formula is C27H23B. The fourth-order valence-corrected chi connectivity index (χ4v) is 23.4. The molecule has 16 rings (SSSR count). The quantitative estimate of drug-likeness (QED) is 0.584. The number of hydrogen-bond donors (Lipinski definition) is 0. The zero-order valence-electron chi connectivity index (χ0n) is 16.1. The maximum absolute atomic E-state index is 7.11. The molecule has 1 heteroatoms. The Balaban J connectivity index is 1.03. The third-order valence-electron chi connectivity index (χ3n) is 20.4. The van der Waals surface area contributed by atoms with Crippen molar-refractivity contribution in [2.45, 2.75) is 31.0 Å². The maximum Gasteiger partial charge on any atom is 0.0754 e. The smallest absolute Gasteiger partial charge is 0.0588 e. The lowest BCUT2D eigenvalue weighted by Crippen LogP contribution is -3.31. The van der Waals surface area contributed by atoms with E-state index in [2.05, 4.69) is 0 Å². The highest BCUT2D eigenvalue weighted by atomic mass is 15.3. The third kappa shape index (κ3) is 0.341. The van der Waals surface area contributed by atoms with Gasteiger partial charge in [0.25, 0.3) is 0 Å². The van der Waals surface area contributed by atoms with Crippen molar-refractivity contribution in [2.24, 2.45) is 127 Å². The van der Waals surface area contributed by atoms with Crippen molar-refractivity contribution >= 4 is 7.85 Å². The van der Waals surface area contributed by atoms with Crippen LogP contribution < -0.4 is 0 Å². The van der Waals surface area contributed by atoms with E-state index in [1.165, 1.54) is 89.8 Å². The van der Waals surface area contributed by atoms with E-state index >= 15 is 0 Å². The molecule has 16 aliphatic rings. The Bertz CT molecular complexity index is 1210. The van der Waals surface area contributed by atoms with Crippen molar-refractivity contribution in [1.82, 2.24) is 0 Å². The second-order valence-corrected chi connectivity index (χ2v) is 16.6. The van der Waals surface area contributed by atoms with Gasteiger partial charge in [-0.1, -0.05) is 18.2 Å². The van der Waals surface area contributed by atoms with E-state index in [1.807, 2.05) is 0 Å². The van der Waals surface area contributed by atoms with E-state index in [1.54, 1.807) is 12.8 Å². The van der Waals surface area contributed by atoms with Gasteiger partial charge in [-0.25, -0.2) is 0 Å². The second-order valence-electron chi connectivity index (χ2n) is 16.6. The highest BCUT2D eigenvalue weighted by Crippen LogP contribution is 3.35. The van der Waals surface area contributed by atoms with Crippen LogP contribution >= 0.6 is 0 Å². The summed E-state index contributed by atoms with van der Waals surface area (Å²) in [6, 6.07) is 0. The van der Waals surface area contributed by atoms with Gasteiger partial charge in [0, 0.05) is 0 Å². The minimum Gasteiger partial charge on any atom is -0.0588 e. The Morgan fingerprint density at radius 3 is 1.39 bits per heavy atom. The van der Waals surface area contributed by atoms with Crippen molar-refractivity contribution in [1.29, 1.82) is 0 Å². The zero-order valence-corrected chi connectivity index (χ0v) is 16.1. The van der Waals surface area contributed by atoms with E-state index in [4.69, 9.17) is 7.85 Å². The molecule has 0 saturated heterocycles. The summed E-state index contributed by atoms with van der Waals surface area (Å²) in [7, 11) is 7.11. The summed E-state index contributed by atoms with van der Waals surface area (Å²) < 4.78 is 0. The summed E-state index contributed by atoms with van der Waals surface area (Å²) >= 11 is 0. The van der Waals surface area contributed by atoms with Crippen LogP contribution in [0.4, 0.5) is 0 Å². The van der Waals surface area contributed by atoms with Gasteiger partial charge < -0.3 is 0 Å². The topological polar surface area (TPSA) is 0 Å². The van der Waals surface area contributed by atoms with Crippen LogP contribution in [0.1, 0.15) is 25.7 Å². The van der Waals surface area contributed by atoms with Gasteiger partial charge in [0.2, 0.25) is 0 Å². The van der Waals surface area contributed by atoms with Crippen LogP contribution in [0, 0.1) is 127 Å². The fourth-order valence-electron chi connectivity index (χ4n) is 23.4. The molecule has 0 bridgehead atoms. The standard InChI is InChI=1S/C27H23B/c28-20-3-8-12-16-18-14-10-6-1-5-2-7-11-15-19-17-13-9(4-20)22(8,20)24(12,13)26(16,17)27(18,19)25(14,15)23(10,11)21(5,6)7/h5-19H,1-4H2. The third-order valence-corrected chi connectivity index (χ3v) is 20.4. The highest BCUT2D eigenvalue weighted by Gasteiger charge is 3.32. The Kier molecular flexibility index (Phi) is 0.773. The molecule has 134 valence electrons. The number of rotatable bonds is 0. The largest absolute Gasteiger partial charge is 0.0754 e. The lowest BCUT2D eigenvalue weighted by Gasteiger charge is -3.34. The molecule has 0 aliphatic heterocycles. The molecule has 16 saturated carbocycles. The minimum atomic E-state index is 0.383. The summed E-state index contributed by atoms with van der Waals surface area (Å²) in [6.07, 6.45) is 6.39. The Hall–Kier alpha value is 0.0649. The van der Waals surface area contributed by atoms with Gasteiger partial charge in [-0.3, -0.25) is 0 Å². The van der Waals surface area contributed by atoms with Crippen LogP contribution in [0.2, 0.25) is 5.31 Å². The molecule has 14 unspecified atom stereocenters. The maximum atomic E-state index is 7.11. The van der Waals surface area contributed by atoms with Gasteiger partial charge in [0.15, 0.2) is 0 Å². The molecule has 7 spiro atoms. The minimum absolute atomic E-state index is 0.383. The van der Waals surface area contributed by atoms with Crippen LogP contribution in [0.15, 0.2) is 0 Å². The van der Waals surface area contributed by atoms with E-state index in [0.717, 1.165) is 49.7 Å². The molecule has 2 radical (unpaired) electrons. The normalized spacial score (nSPS) is 116. The van der Waals surface area contributed by atoms with E-state index < -0.39 is 0 Å². The predicted molar refractivity (Wildman–Crippen MR) is 96.3 cm³/mol. The van der Waals surface area contributed by atoms with E-state index in [-0.39, 0.29) is 0 Å². The monoisotopic (exact) mass is 358 g/mol. The molecule has 0 aromatic heterocycles. The highest BCUT2D eigenvalue weighted by molar-refractivity contribution is 6.19. The Morgan fingerprint density at radius 1 is 0.464 bits per heavy atom.